The van der Waals surface area contributed by atoms with Crippen molar-refractivity contribution in [2.45, 2.75) is 44.7 Å². The predicted octanol–water partition coefficient (Wildman–Crippen LogP) is -0.538. The Morgan fingerprint density at radius 1 is 1.17 bits per heavy atom. The van der Waals surface area contributed by atoms with Gasteiger partial charge in [-0.05, 0) is 26.7 Å². The SMILES string of the molecule is CC(C)(N)C(=O)O.NC(CCCC(=O)O)C(=O)O. The number of hydrogen-bond donors (Lipinski definition) is 5. The van der Waals surface area contributed by atoms with E-state index < -0.39 is 29.5 Å². The summed E-state index contributed by atoms with van der Waals surface area (Å²) in [4.78, 5) is 30.0. The number of rotatable bonds is 6. The zero-order chi connectivity index (χ0) is 14.9. The van der Waals surface area contributed by atoms with Crippen molar-refractivity contribution in [3.63, 3.8) is 0 Å². The summed E-state index contributed by atoms with van der Waals surface area (Å²) < 4.78 is 0. The third-order valence-corrected chi connectivity index (χ3v) is 1.77. The van der Waals surface area contributed by atoms with E-state index in [-0.39, 0.29) is 12.8 Å². The summed E-state index contributed by atoms with van der Waals surface area (Å²) in [7, 11) is 0. The van der Waals surface area contributed by atoms with Crippen LogP contribution in [-0.2, 0) is 14.4 Å². The molecule has 1 atom stereocenters. The van der Waals surface area contributed by atoms with Crippen molar-refractivity contribution in [1.82, 2.24) is 0 Å². The first kappa shape index (κ1) is 18.7. The van der Waals surface area contributed by atoms with Gasteiger partial charge >= 0.3 is 17.9 Å². The van der Waals surface area contributed by atoms with Gasteiger partial charge in [0.25, 0.3) is 0 Å². The molecule has 0 heterocycles. The summed E-state index contributed by atoms with van der Waals surface area (Å²) in [5, 5.41) is 24.6. The van der Waals surface area contributed by atoms with Crippen molar-refractivity contribution in [3.05, 3.63) is 0 Å². The lowest BCUT2D eigenvalue weighted by Crippen LogP contribution is -2.41. The molecule has 8 nitrogen and oxygen atoms in total. The Morgan fingerprint density at radius 2 is 1.56 bits per heavy atom. The maximum absolute atomic E-state index is 10.1. The first-order valence-corrected chi connectivity index (χ1v) is 5.21. The lowest BCUT2D eigenvalue weighted by Gasteiger charge is -2.09. The van der Waals surface area contributed by atoms with Crippen LogP contribution in [0.25, 0.3) is 0 Å². The van der Waals surface area contributed by atoms with Crippen molar-refractivity contribution in [1.29, 1.82) is 0 Å². The number of hydrogen-bond acceptors (Lipinski definition) is 5. The normalized spacial score (nSPS) is 12.0. The topological polar surface area (TPSA) is 164 Å². The van der Waals surface area contributed by atoms with Crippen LogP contribution in [0.15, 0.2) is 0 Å². The Kier molecular flexibility index (Phi) is 8.75. The fourth-order valence-electron chi connectivity index (χ4n) is 0.597. The fraction of sp³-hybridized carbons (Fsp3) is 0.700. The molecule has 0 radical (unpaired) electrons. The minimum Gasteiger partial charge on any atom is -0.481 e. The zero-order valence-corrected chi connectivity index (χ0v) is 10.4. The van der Waals surface area contributed by atoms with E-state index in [1.54, 1.807) is 0 Å². The standard InChI is InChI=1S/C6H11NO4.C4H9NO2/c7-4(6(10)11)2-1-3-5(8)9;1-4(2,5)3(6)7/h4H,1-3,7H2,(H,8,9)(H,10,11);5H2,1-2H3,(H,6,7). The Morgan fingerprint density at radius 3 is 1.78 bits per heavy atom. The molecule has 18 heavy (non-hydrogen) atoms. The van der Waals surface area contributed by atoms with E-state index in [4.69, 9.17) is 26.8 Å². The van der Waals surface area contributed by atoms with Crippen LogP contribution in [0, 0.1) is 0 Å². The summed E-state index contributed by atoms with van der Waals surface area (Å²) in [6.07, 6.45) is 0.491. The largest absolute Gasteiger partial charge is 0.481 e. The van der Waals surface area contributed by atoms with E-state index in [0.29, 0.717) is 6.42 Å². The van der Waals surface area contributed by atoms with Gasteiger partial charge in [0, 0.05) is 6.42 Å². The van der Waals surface area contributed by atoms with Gasteiger partial charge in [0.2, 0.25) is 0 Å². The van der Waals surface area contributed by atoms with E-state index in [9.17, 15) is 14.4 Å². The molecule has 0 spiro atoms. The molecule has 106 valence electrons. The molecule has 0 saturated heterocycles. The molecule has 0 aliphatic carbocycles. The van der Waals surface area contributed by atoms with E-state index >= 15 is 0 Å². The summed E-state index contributed by atoms with van der Waals surface area (Å²) in [5.41, 5.74) is 9.11. The van der Waals surface area contributed by atoms with Crippen molar-refractivity contribution in [3.8, 4) is 0 Å². The third-order valence-electron chi connectivity index (χ3n) is 1.77. The highest BCUT2D eigenvalue weighted by molar-refractivity contribution is 5.77. The maximum Gasteiger partial charge on any atom is 0.323 e. The van der Waals surface area contributed by atoms with E-state index in [1.165, 1.54) is 13.8 Å². The quantitative estimate of drug-likeness (QED) is 0.426. The first-order valence-electron chi connectivity index (χ1n) is 5.21. The zero-order valence-electron chi connectivity index (χ0n) is 10.4. The summed E-state index contributed by atoms with van der Waals surface area (Å²) in [6.45, 7) is 2.88. The average Bonchev–Trinajstić information content (AvgIpc) is 2.16. The molecule has 0 amide bonds. The molecular weight excluding hydrogens is 244 g/mol. The van der Waals surface area contributed by atoms with E-state index in [0.717, 1.165) is 0 Å². The monoisotopic (exact) mass is 264 g/mol. The molecule has 0 bridgehead atoms. The Bertz CT molecular complexity index is 297. The second kappa shape index (κ2) is 8.43. The van der Waals surface area contributed by atoms with Gasteiger partial charge in [-0.3, -0.25) is 14.4 Å². The minimum absolute atomic E-state index is 0.0268. The van der Waals surface area contributed by atoms with Crippen LogP contribution in [0.1, 0.15) is 33.1 Å². The number of aliphatic carboxylic acids is 3. The molecule has 0 fully saturated rings. The van der Waals surface area contributed by atoms with E-state index in [2.05, 4.69) is 0 Å². The minimum atomic E-state index is -1.09. The van der Waals surface area contributed by atoms with Crippen molar-refractivity contribution in [2.24, 2.45) is 11.5 Å². The van der Waals surface area contributed by atoms with Crippen LogP contribution in [0.4, 0.5) is 0 Å². The number of carboxylic acids is 3. The molecule has 0 saturated carbocycles. The van der Waals surface area contributed by atoms with Crippen LogP contribution in [0.3, 0.4) is 0 Å². The van der Waals surface area contributed by atoms with Gasteiger partial charge in [-0.15, -0.1) is 0 Å². The highest BCUT2D eigenvalue weighted by atomic mass is 16.4. The molecule has 1 unspecified atom stereocenters. The lowest BCUT2D eigenvalue weighted by atomic mass is 10.1. The molecule has 0 aliphatic rings. The fourth-order valence-corrected chi connectivity index (χ4v) is 0.597. The number of carbonyl (C=O) groups is 3. The van der Waals surface area contributed by atoms with Gasteiger partial charge in [0.1, 0.15) is 11.6 Å². The Hall–Kier alpha value is -1.67. The van der Waals surface area contributed by atoms with Crippen LogP contribution < -0.4 is 11.5 Å². The van der Waals surface area contributed by atoms with Crippen LogP contribution in [0.2, 0.25) is 0 Å². The van der Waals surface area contributed by atoms with Crippen LogP contribution in [-0.4, -0.2) is 44.8 Å². The third kappa shape index (κ3) is 12.4. The van der Waals surface area contributed by atoms with Gasteiger partial charge in [-0.1, -0.05) is 0 Å². The maximum atomic E-state index is 10.1. The number of carboxylic acid groups (broad SMARTS) is 3. The molecule has 7 N–H and O–H groups in total. The van der Waals surface area contributed by atoms with Crippen molar-refractivity contribution >= 4 is 17.9 Å². The Balaban J connectivity index is 0. The molecule has 0 aromatic carbocycles. The van der Waals surface area contributed by atoms with Gasteiger partial charge in [0.05, 0.1) is 0 Å². The Labute approximate surface area is 105 Å². The summed E-state index contributed by atoms with van der Waals surface area (Å²) >= 11 is 0. The smallest absolute Gasteiger partial charge is 0.323 e. The van der Waals surface area contributed by atoms with Crippen LogP contribution in [0.5, 0.6) is 0 Å². The summed E-state index contributed by atoms with van der Waals surface area (Å²) in [6, 6.07) is -0.936. The molecule has 0 aliphatic heterocycles. The summed E-state index contributed by atoms with van der Waals surface area (Å²) in [5.74, 6) is -2.99. The van der Waals surface area contributed by atoms with Gasteiger partial charge in [0.15, 0.2) is 0 Å². The second-order valence-corrected chi connectivity index (χ2v) is 4.26. The average molecular weight is 264 g/mol. The van der Waals surface area contributed by atoms with Crippen molar-refractivity contribution in [2.75, 3.05) is 0 Å². The predicted molar refractivity (Wildman–Crippen MR) is 63.0 cm³/mol. The van der Waals surface area contributed by atoms with Gasteiger partial charge in [-0.2, -0.15) is 0 Å². The molecule has 0 aromatic heterocycles. The molecule has 0 rings (SSSR count). The highest BCUT2D eigenvalue weighted by Gasteiger charge is 2.19. The van der Waals surface area contributed by atoms with E-state index in [1.807, 2.05) is 0 Å². The second-order valence-electron chi connectivity index (χ2n) is 4.26. The van der Waals surface area contributed by atoms with Gasteiger partial charge in [-0.25, -0.2) is 0 Å². The number of nitrogens with two attached hydrogens (primary N) is 2. The molecule has 0 aromatic rings. The highest BCUT2D eigenvalue weighted by Crippen LogP contribution is 1.98. The molecular formula is C10H20N2O6. The van der Waals surface area contributed by atoms with Gasteiger partial charge < -0.3 is 26.8 Å². The molecule has 8 heteroatoms. The van der Waals surface area contributed by atoms with Crippen LogP contribution >= 0.6 is 0 Å². The first-order chi connectivity index (χ1) is 7.98. The van der Waals surface area contributed by atoms with Crippen molar-refractivity contribution < 1.29 is 29.7 Å². The lowest BCUT2D eigenvalue weighted by molar-refractivity contribution is -0.142.